The van der Waals surface area contributed by atoms with Crippen molar-refractivity contribution in [3.8, 4) is 5.69 Å². The highest BCUT2D eigenvalue weighted by molar-refractivity contribution is 5.93. The third-order valence-electron chi connectivity index (χ3n) is 4.70. The van der Waals surface area contributed by atoms with Crippen molar-refractivity contribution in [3.63, 3.8) is 0 Å². The smallest absolute Gasteiger partial charge is 0.323 e. The average Bonchev–Trinajstić information content (AvgIpc) is 3.11. The second kappa shape index (κ2) is 6.83. The number of carbonyl (C=O) groups is 2. The molecule has 0 saturated carbocycles. The summed E-state index contributed by atoms with van der Waals surface area (Å²) in [5, 5.41) is 17.0. The molecule has 0 unspecified atom stereocenters. The molecule has 1 fully saturated rings. The largest absolute Gasteiger partial charge is 0.480 e. The van der Waals surface area contributed by atoms with Gasteiger partial charge in [-0.25, -0.2) is 9.07 Å². The molecule has 0 bridgehead atoms. The second-order valence-electron chi connectivity index (χ2n) is 6.65. The van der Waals surface area contributed by atoms with Crippen molar-refractivity contribution in [2.75, 3.05) is 26.2 Å². The summed E-state index contributed by atoms with van der Waals surface area (Å²) < 4.78 is 14.8. The average molecular weight is 361 g/mol. The molecule has 0 radical (unpaired) electrons. The van der Waals surface area contributed by atoms with Gasteiger partial charge in [0.25, 0.3) is 5.91 Å². The molecule has 138 valence electrons. The number of piperazine rings is 1. The predicted octanol–water partition coefficient (Wildman–Crippen LogP) is 1.03. The van der Waals surface area contributed by atoms with E-state index in [9.17, 15) is 19.1 Å². The molecule has 1 N–H and O–H groups in total. The van der Waals surface area contributed by atoms with Crippen molar-refractivity contribution in [3.05, 3.63) is 42.0 Å². The first-order chi connectivity index (χ1) is 12.3. The summed E-state index contributed by atoms with van der Waals surface area (Å²) in [7, 11) is 0. The number of carbonyl (C=O) groups excluding carboxylic acids is 1. The van der Waals surface area contributed by atoms with E-state index in [-0.39, 0.29) is 11.6 Å². The molecule has 2 heterocycles. The Hall–Kier alpha value is -2.81. The van der Waals surface area contributed by atoms with Gasteiger partial charge in [-0.3, -0.25) is 14.5 Å². The molecule has 0 spiro atoms. The number of hydrogen-bond donors (Lipinski definition) is 1. The maximum absolute atomic E-state index is 13.5. The fraction of sp³-hybridized carbons (Fsp3) is 0.412. The quantitative estimate of drug-likeness (QED) is 0.875. The van der Waals surface area contributed by atoms with Crippen molar-refractivity contribution in [2.24, 2.45) is 0 Å². The van der Waals surface area contributed by atoms with Gasteiger partial charge >= 0.3 is 5.97 Å². The Bertz CT molecular complexity index is 827. The minimum atomic E-state index is -0.986. The number of rotatable bonds is 4. The highest BCUT2D eigenvalue weighted by atomic mass is 19.1. The number of carboxylic acids is 1. The highest BCUT2D eigenvalue weighted by Gasteiger charge is 2.37. The summed E-state index contributed by atoms with van der Waals surface area (Å²) in [6, 6.07) is 5.76. The zero-order chi connectivity index (χ0) is 18.9. The normalized spacial score (nSPS) is 15.9. The molecule has 1 aliphatic rings. The minimum absolute atomic E-state index is 0.238. The standard InChI is InChI=1S/C17H20FN5O3/c1-17(2,16(25)26)22-8-6-21(7-9-22)15(24)14-11-19-20-23(14)13-5-3-4-12(18)10-13/h3-5,10-11H,6-9H2,1-2H3,(H,25,26). The van der Waals surface area contributed by atoms with Crippen LogP contribution in [-0.4, -0.2) is 73.5 Å². The van der Waals surface area contributed by atoms with Crippen LogP contribution in [0, 0.1) is 5.82 Å². The van der Waals surface area contributed by atoms with E-state index in [1.165, 1.54) is 29.1 Å². The van der Waals surface area contributed by atoms with Gasteiger partial charge in [0, 0.05) is 26.2 Å². The van der Waals surface area contributed by atoms with Gasteiger partial charge in [0.15, 0.2) is 5.69 Å². The van der Waals surface area contributed by atoms with Gasteiger partial charge in [0.2, 0.25) is 0 Å². The Balaban J connectivity index is 1.75. The lowest BCUT2D eigenvalue weighted by Gasteiger charge is -2.41. The van der Waals surface area contributed by atoms with E-state index in [0.29, 0.717) is 31.9 Å². The van der Waals surface area contributed by atoms with E-state index >= 15 is 0 Å². The molecule has 9 heteroatoms. The first kappa shape index (κ1) is 18.0. The van der Waals surface area contributed by atoms with Gasteiger partial charge in [0.1, 0.15) is 11.4 Å². The van der Waals surface area contributed by atoms with Crippen LogP contribution in [0.25, 0.3) is 5.69 Å². The molecule has 2 aromatic rings. The second-order valence-corrected chi connectivity index (χ2v) is 6.65. The van der Waals surface area contributed by atoms with Crippen molar-refractivity contribution in [1.29, 1.82) is 0 Å². The minimum Gasteiger partial charge on any atom is -0.480 e. The van der Waals surface area contributed by atoms with Crippen LogP contribution < -0.4 is 0 Å². The lowest BCUT2D eigenvalue weighted by atomic mass is 10.0. The van der Waals surface area contributed by atoms with Crippen LogP contribution in [0.1, 0.15) is 24.3 Å². The van der Waals surface area contributed by atoms with Gasteiger partial charge in [-0.2, -0.15) is 0 Å². The molecule has 3 rings (SSSR count). The van der Waals surface area contributed by atoms with Gasteiger partial charge in [-0.05, 0) is 32.0 Å². The van der Waals surface area contributed by atoms with Crippen LogP contribution in [0.15, 0.2) is 30.5 Å². The first-order valence-electron chi connectivity index (χ1n) is 8.25. The molecule has 1 aromatic heterocycles. The van der Waals surface area contributed by atoms with E-state index in [0.717, 1.165) is 0 Å². The Morgan fingerprint density at radius 3 is 2.50 bits per heavy atom. The van der Waals surface area contributed by atoms with Crippen LogP contribution in [0.5, 0.6) is 0 Å². The Morgan fingerprint density at radius 1 is 1.19 bits per heavy atom. The van der Waals surface area contributed by atoms with E-state index in [2.05, 4.69) is 10.3 Å². The fourth-order valence-corrected chi connectivity index (χ4v) is 2.95. The molecule has 1 aromatic carbocycles. The zero-order valence-electron chi connectivity index (χ0n) is 14.6. The Labute approximate surface area is 149 Å². The molecule has 1 saturated heterocycles. The number of carboxylic acid groups (broad SMARTS) is 1. The summed E-state index contributed by atoms with van der Waals surface area (Å²) in [5.74, 6) is -1.60. The first-order valence-corrected chi connectivity index (χ1v) is 8.25. The summed E-state index contributed by atoms with van der Waals surface area (Å²) in [6.45, 7) is 4.98. The van der Waals surface area contributed by atoms with E-state index in [1.54, 1.807) is 24.8 Å². The molecule has 1 aliphatic heterocycles. The third-order valence-corrected chi connectivity index (χ3v) is 4.70. The monoisotopic (exact) mass is 361 g/mol. The number of amides is 1. The number of nitrogens with zero attached hydrogens (tertiary/aromatic N) is 5. The van der Waals surface area contributed by atoms with Crippen LogP contribution in [0.2, 0.25) is 0 Å². The summed E-state index contributed by atoms with van der Waals surface area (Å²) >= 11 is 0. The van der Waals surface area contributed by atoms with Gasteiger partial charge in [-0.15, -0.1) is 5.10 Å². The fourth-order valence-electron chi connectivity index (χ4n) is 2.95. The van der Waals surface area contributed by atoms with Crippen molar-refractivity contribution < 1.29 is 19.1 Å². The summed E-state index contributed by atoms with van der Waals surface area (Å²) in [6.07, 6.45) is 1.35. The summed E-state index contributed by atoms with van der Waals surface area (Å²) in [5.41, 5.74) is -0.335. The third kappa shape index (κ3) is 3.30. The van der Waals surface area contributed by atoms with E-state index < -0.39 is 17.3 Å². The van der Waals surface area contributed by atoms with Crippen LogP contribution in [-0.2, 0) is 4.79 Å². The molecular weight excluding hydrogens is 341 g/mol. The lowest BCUT2D eigenvalue weighted by Crippen LogP contribution is -2.58. The molecular formula is C17H20FN5O3. The van der Waals surface area contributed by atoms with Crippen LogP contribution in [0.4, 0.5) is 4.39 Å². The molecule has 8 nitrogen and oxygen atoms in total. The van der Waals surface area contributed by atoms with E-state index in [1.807, 2.05) is 4.90 Å². The lowest BCUT2D eigenvalue weighted by molar-refractivity contribution is -0.150. The van der Waals surface area contributed by atoms with Gasteiger partial charge < -0.3 is 10.0 Å². The molecule has 26 heavy (non-hydrogen) atoms. The molecule has 1 amide bonds. The Morgan fingerprint density at radius 2 is 1.88 bits per heavy atom. The Kier molecular flexibility index (Phi) is 4.73. The number of aromatic nitrogens is 3. The molecule has 0 aliphatic carbocycles. The maximum Gasteiger partial charge on any atom is 0.323 e. The van der Waals surface area contributed by atoms with Crippen LogP contribution >= 0.6 is 0 Å². The molecule has 0 atom stereocenters. The highest BCUT2D eigenvalue weighted by Crippen LogP contribution is 2.19. The number of halogens is 1. The SMILES string of the molecule is CC(C)(C(=O)O)N1CCN(C(=O)c2cnnn2-c2cccc(F)c2)CC1. The van der Waals surface area contributed by atoms with Gasteiger partial charge in [-0.1, -0.05) is 11.3 Å². The number of hydrogen-bond acceptors (Lipinski definition) is 5. The van der Waals surface area contributed by atoms with Crippen molar-refractivity contribution in [2.45, 2.75) is 19.4 Å². The number of benzene rings is 1. The number of aliphatic carboxylic acids is 1. The maximum atomic E-state index is 13.5. The predicted molar refractivity (Wildman–Crippen MR) is 90.5 cm³/mol. The zero-order valence-corrected chi connectivity index (χ0v) is 14.6. The summed E-state index contributed by atoms with van der Waals surface area (Å²) in [4.78, 5) is 27.7. The van der Waals surface area contributed by atoms with Crippen molar-refractivity contribution >= 4 is 11.9 Å². The van der Waals surface area contributed by atoms with Crippen LogP contribution in [0.3, 0.4) is 0 Å². The topological polar surface area (TPSA) is 91.6 Å². The van der Waals surface area contributed by atoms with Gasteiger partial charge in [0.05, 0.1) is 11.9 Å². The van der Waals surface area contributed by atoms with E-state index in [4.69, 9.17) is 0 Å². The van der Waals surface area contributed by atoms with Crippen molar-refractivity contribution in [1.82, 2.24) is 24.8 Å².